The number of nitrogens with zero attached hydrogens (tertiary/aromatic N) is 3. The number of ether oxygens (including phenoxy) is 1. The van der Waals surface area contributed by atoms with Gasteiger partial charge in [0.1, 0.15) is 0 Å². The molecular formula is C26H29ClN4O2S. The second-order valence-corrected chi connectivity index (χ2v) is 10.1. The van der Waals surface area contributed by atoms with E-state index < -0.39 is 0 Å². The number of hydrogen-bond acceptors (Lipinski definition) is 6. The van der Waals surface area contributed by atoms with Gasteiger partial charge in [0, 0.05) is 56.6 Å². The lowest BCUT2D eigenvalue weighted by molar-refractivity contribution is -0.0130. The number of rotatable bonds is 6. The summed E-state index contributed by atoms with van der Waals surface area (Å²) < 4.78 is 9.20. The normalized spacial score (nSPS) is 19.3. The first kappa shape index (κ1) is 23.4. The molecule has 178 valence electrons. The topological polar surface area (TPSA) is 57.7 Å². The zero-order valence-corrected chi connectivity index (χ0v) is 20.7. The average Bonchev–Trinajstić information content (AvgIpc) is 2.88. The van der Waals surface area contributed by atoms with Crippen LogP contribution in [-0.4, -0.2) is 66.1 Å². The van der Waals surface area contributed by atoms with Crippen molar-refractivity contribution in [3.8, 4) is 0 Å². The third-order valence-corrected chi connectivity index (χ3v) is 7.67. The Balaban J connectivity index is 1.17. The number of halogens is 1. The van der Waals surface area contributed by atoms with E-state index in [-0.39, 0.29) is 5.91 Å². The van der Waals surface area contributed by atoms with Crippen LogP contribution in [-0.2, 0) is 4.74 Å². The van der Waals surface area contributed by atoms with E-state index in [2.05, 4.69) is 14.6 Å². The summed E-state index contributed by atoms with van der Waals surface area (Å²) in [5.74, 6) is -0.00368. The molecule has 1 unspecified atom stereocenters. The zero-order valence-electron chi connectivity index (χ0n) is 19.1. The van der Waals surface area contributed by atoms with Crippen LogP contribution >= 0.6 is 23.5 Å². The third-order valence-electron chi connectivity index (χ3n) is 6.47. The molecule has 0 radical (unpaired) electrons. The molecule has 0 spiro atoms. The molecule has 34 heavy (non-hydrogen) atoms. The van der Waals surface area contributed by atoms with Gasteiger partial charge in [-0.3, -0.25) is 14.7 Å². The highest BCUT2D eigenvalue weighted by atomic mass is 35.5. The molecule has 1 amide bonds. The number of piperazine rings is 1. The average molecular weight is 497 g/mol. The Morgan fingerprint density at radius 3 is 2.76 bits per heavy atom. The maximum Gasteiger partial charge on any atom is 0.255 e. The highest BCUT2D eigenvalue weighted by Gasteiger charge is 2.26. The Kier molecular flexibility index (Phi) is 7.54. The molecule has 2 aromatic carbocycles. The molecule has 0 bridgehead atoms. The number of amides is 1. The fraction of sp³-hybridized carbons (Fsp3) is 0.385. The second kappa shape index (κ2) is 11.0. The Hall–Kier alpha value is -2.32. The molecule has 6 nitrogen and oxygen atoms in total. The lowest BCUT2D eigenvalue weighted by atomic mass is 10.1. The van der Waals surface area contributed by atoms with Crippen molar-refractivity contribution in [2.24, 2.45) is 0 Å². The van der Waals surface area contributed by atoms with Crippen molar-refractivity contribution in [3.05, 3.63) is 65.3 Å². The largest absolute Gasteiger partial charge is 0.377 e. The van der Waals surface area contributed by atoms with Crippen molar-refractivity contribution in [2.45, 2.75) is 30.3 Å². The number of para-hydroxylation sites is 1. The summed E-state index contributed by atoms with van der Waals surface area (Å²) in [6.45, 7) is 5.02. The maximum atomic E-state index is 13.1. The number of carbonyl (C=O) groups is 1. The van der Waals surface area contributed by atoms with Gasteiger partial charge in [-0.15, -0.1) is 0 Å². The highest BCUT2D eigenvalue weighted by molar-refractivity contribution is 8.00. The molecule has 0 saturated carbocycles. The van der Waals surface area contributed by atoms with E-state index >= 15 is 0 Å². The Morgan fingerprint density at radius 2 is 1.97 bits per heavy atom. The van der Waals surface area contributed by atoms with Gasteiger partial charge in [-0.2, -0.15) is 0 Å². The quantitative estimate of drug-likeness (QED) is 0.465. The molecular weight excluding hydrogens is 468 g/mol. The van der Waals surface area contributed by atoms with Gasteiger partial charge in [0.25, 0.3) is 5.91 Å². The lowest BCUT2D eigenvalue weighted by Gasteiger charge is -2.37. The van der Waals surface area contributed by atoms with Crippen molar-refractivity contribution >= 4 is 46.0 Å². The van der Waals surface area contributed by atoms with Gasteiger partial charge in [-0.1, -0.05) is 29.8 Å². The van der Waals surface area contributed by atoms with Crippen LogP contribution in [0.2, 0.25) is 5.02 Å². The van der Waals surface area contributed by atoms with Crippen molar-refractivity contribution < 1.29 is 9.53 Å². The lowest BCUT2D eigenvalue weighted by Crippen LogP contribution is -2.50. The van der Waals surface area contributed by atoms with E-state index in [1.165, 1.54) is 24.8 Å². The van der Waals surface area contributed by atoms with E-state index in [0.29, 0.717) is 29.8 Å². The summed E-state index contributed by atoms with van der Waals surface area (Å²) in [6, 6.07) is 15.6. The predicted molar refractivity (Wildman–Crippen MR) is 139 cm³/mol. The minimum atomic E-state index is -0.00368. The standard InChI is InChI=1S/C26H29ClN4O2S/c27-23-17-20(29-34-24-8-3-5-19-6-4-11-28-25(19)24)9-10-22(23)26(32)31-14-12-30(13-15-31)18-21-7-1-2-16-33-21/h3-6,8-11,17,21,29H,1-2,7,12-16,18H2. The molecule has 1 aromatic heterocycles. The van der Waals surface area contributed by atoms with Crippen LogP contribution in [0.5, 0.6) is 0 Å². The number of fused-ring (bicyclic) bond motifs is 1. The highest BCUT2D eigenvalue weighted by Crippen LogP contribution is 2.30. The third kappa shape index (κ3) is 5.49. The summed E-state index contributed by atoms with van der Waals surface area (Å²) in [5.41, 5.74) is 2.35. The fourth-order valence-electron chi connectivity index (χ4n) is 4.57. The summed E-state index contributed by atoms with van der Waals surface area (Å²) in [5, 5.41) is 1.56. The van der Waals surface area contributed by atoms with Crippen LogP contribution in [0.4, 0.5) is 5.69 Å². The van der Waals surface area contributed by atoms with Crippen LogP contribution in [0.25, 0.3) is 10.9 Å². The molecule has 3 aromatic rings. The van der Waals surface area contributed by atoms with Crippen molar-refractivity contribution in [1.29, 1.82) is 0 Å². The minimum absolute atomic E-state index is 0.00368. The van der Waals surface area contributed by atoms with Gasteiger partial charge in [0.2, 0.25) is 0 Å². The number of carbonyl (C=O) groups excluding carboxylic acids is 1. The Labute approximate surface area is 209 Å². The molecule has 1 atom stereocenters. The van der Waals surface area contributed by atoms with Crippen LogP contribution in [0.1, 0.15) is 29.6 Å². The molecule has 0 aliphatic carbocycles. The first-order valence-electron chi connectivity index (χ1n) is 11.9. The number of anilines is 1. The first-order chi connectivity index (χ1) is 16.7. The Morgan fingerprint density at radius 1 is 1.12 bits per heavy atom. The van der Waals surface area contributed by atoms with Crippen LogP contribution in [0, 0.1) is 0 Å². The zero-order chi connectivity index (χ0) is 23.3. The smallest absolute Gasteiger partial charge is 0.255 e. The van der Waals surface area contributed by atoms with Gasteiger partial charge < -0.3 is 14.4 Å². The van der Waals surface area contributed by atoms with Gasteiger partial charge in [0.05, 0.1) is 27.1 Å². The minimum Gasteiger partial charge on any atom is -0.377 e. The fourth-order valence-corrected chi connectivity index (χ4v) is 5.60. The predicted octanol–water partition coefficient (Wildman–Crippen LogP) is 5.33. The molecule has 8 heteroatoms. The summed E-state index contributed by atoms with van der Waals surface area (Å²) in [4.78, 5) is 23.0. The number of pyridine rings is 1. The molecule has 2 aliphatic heterocycles. The second-order valence-electron chi connectivity index (χ2n) is 8.81. The molecule has 1 N–H and O–H groups in total. The van der Waals surface area contributed by atoms with Crippen LogP contribution < -0.4 is 4.72 Å². The Bertz CT molecular complexity index is 1140. The molecule has 2 fully saturated rings. The van der Waals surface area contributed by atoms with Gasteiger partial charge in [0.15, 0.2) is 0 Å². The molecule has 2 saturated heterocycles. The molecule has 2 aliphatic rings. The van der Waals surface area contributed by atoms with E-state index in [4.69, 9.17) is 16.3 Å². The van der Waals surface area contributed by atoms with Gasteiger partial charge >= 0.3 is 0 Å². The summed E-state index contributed by atoms with van der Waals surface area (Å²) in [7, 11) is 0. The molecule has 3 heterocycles. The van der Waals surface area contributed by atoms with E-state index in [1.54, 1.807) is 6.20 Å². The first-order valence-corrected chi connectivity index (χ1v) is 13.1. The molecule has 5 rings (SSSR count). The van der Waals surface area contributed by atoms with Crippen LogP contribution in [0.15, 0.2) is 59.6 Å². The van der Waals surface area contributed by atoms with Crippen LogP contribution in [0.3, 0.4) is 0 Å². The number of aromatic nitrogens is 1. The number of hydrogen-bond donors (Lipinski definition) is 1. The maximum absolute atomic E-state index is 13.1. The van der Waals surface area contributed by atoms with Crippen molar-refractivity contribution in [1.82, 2.24) is 14.8 Å². The van der Waals surface area contributed by atoms with Crippen molar-refractivity contribution in [2.75, 3.05) is 44.1 Å². The SMILES string of the molecule is O=C(c1ccc(NSc2cccc3cccnc23)cc1Cl)N1CCN(CC2CCCCO2)CC1. The van der Waals surface area contributed by atoms with E-state index in [1.807, 2.05) is 53.4 Å². The van der Waals surface area contributed by atoms with Gasteiger partial charge in [-0.25, -0.2) is 0 Å². The van der Waals surface area contributed by atoms with Crippen molar-refractivity contribution in [3.63, 3.8) is 0 Å². The number of benzene rings is 2. The van der Waals surface area contributed by atoms with E-state index in [9.17, 15) is 4.79 Å². The summed E-state index contributed by atoms with van der Waals surface area (Å²) >= 11 is 8.03. The van der Waals surface area contributed by atoms with Gasteiger partial charge in [-0.05, 0) is 61.5 Å². The summed E-state index contributed by atoms with van der Waals surface area (Å²) in [6.07, 6.45) is 5.71. The van der Waals surface area contributed by atoms with E-state index in [0.717, 1.165) is 54.1 Å². The monoisotopic (exact) mass is 496 g/mol. The number of nitrogens with one attached hydrogen (secondary N) is 1.